The lowest BCUT2D eigenvalue weighted by Crippen LogP contribution is -2.40. The van der Waals surface area contributed by atoms with Gasteiger partial charge in [0, 0.05) is 30.4 Å². The van der Waals surface area contributed by atoms with Crippen LogP contribution in [0.25, 0.3) is 0 Å². The van der Waals surface area contributed by atoms with Gasteiger partial charge in [-0.05, 0) is 31.4 Å². The van der Waals surface area contributed by atoms with E-state index in [1.807, 2.05) is 0 Å². The van der Waals surface area contributed by atoms with Gasteiger partial charge in [0.25, 0.3) is 0 Å². The molecule has 0 amide bonds. The Bertz CT molecular complexity index is 198. The normalized spacial score (nSPS) is 29.4. The first-order valence-electron chi connectivity index (χ1n) is 6.78. The Labute approximate surface area is 104 Å². The summed E-state index contributed by atoms with van der Waals surface area (Å²) < 4.78 is 0. The minimum absolute atomic E-state index is 0.210. The van der Waals surface area contributed by atoms with Crippen LogP contribution in [0.5, 0.6) is 0 Å². The van der Waals surface area contributed by atoms with Gasteiger partial charge in [-0.1, -0.05) is 19.3 Å². The highest BCUT2D eigenvalue weighted by atomic mass is 32.2. The van der Waals surface area contributed by atoms with Crippen LogP contribution in [-0.2, 0) is 0 Å². The van der Waals surface area contributed by atoms with Gasteiger partial charge < -0.3 is 10.4 Å². The minimum Gasteiger partial charge on any atom is -0.396 e. The monoisotopic (exact) mass is 243 g/mol. The maximum Gasteiger partial charge on any atom is 0.0499 e. The number of hydrogen-bond acceptors (Lipinski definition) is 3. The van der Waals surface area contributed by atoms with Crippen molar-refractivity contribution in [2.24, 2.45) is 5.41 Å². The molecular weight excluding hydrogens is 218 g/mol. The highest BCUT2D eigenvalue weighted by Crippen LogP contribution is 2.35. The van der Waals surface area contributed by atoms with Crippen molar-refractivity contribution in [1.29, 1.82) is 0 Å². The van der Waals surface area contributed by atoms with E-state index in [-0.39, 0.29) is 5.41 Å². The molecule has 1 atom stereocenters. The van der Waals surface area contributed by atoms with Crippen LogP contribution in [-0.4, -0.2) is 35.8 Å². The summed E-state index contributed by atoms with van der Waals surface area (Å²) in [5, 5.41) is 14.0. The number of rotatable bonds is 5. The molecule has 2 nitrogen and oxygen atoms in total. The molecule has 0 radical (unpaired) electrons. The third-order valence-corrected chi connectivity index (χ3v) is 5.54. The lowest BCUT2D eigenvalue weighted by molar-refractivity contribution is 0.0816. The largest absolute Gasteiger partial charge is 0.396 e. The minimum atomic E-state index is 0.210. The van der Waals surface area contributed by atoms with Gasteiger partial charge in [-0.2, -0.15) is 11.8 Å². The van der Waals surface area contributed by atoms with E-state index in [1.54, 1.807) is 0 Å². The molecule has 0 aromatic heterocycles. The van der Waals surface area contributed by atoms with E-state index in [4.69, 9.17) is 0 Å². The first-order valence-corrected chi connectivity index (χ1v) is 7.83. The van der Waals surface area contributed by atoms with Crippen molar-refractivity contribution in [1.82, 2.24) is 5.32 Å². The summed E-state index contributed by atoms with van der Waals surface area (Å²) in [6, 6.07) is 0. The zero-order valence-electron chi connectivity index (χ0n) is 10.2. The van der Waals surface area contributed by atoms with Gasteiger partial charge in [0.2, 0.25) is 0 Å². The summed E-state index contributed by atoms with van der Waals surface area (Å²) in [5.41, 5.74) is 0.210. The molecule has 0 bridgehead atoms. The fraction of sp³-hybridized carbons (Fsp3) is 1.00. The molecule has 0 aromatic carbocycles. The maximum atomic E-state index is 9.59. The van der Waals surface area contributed by atoms with Crippen LogP contribution in [0.3, 0.4) is 0 Å². The van der Waals surface area contributed by atoms with Gasteiger partial charge >= 0.3 is 0 Å². The Morgan fingerprint density at radius 2 is 2.00 bits per heavy atom. The van der Waals surface area contributed by atoms with E-state index in [0.717, 1.165) is 18.3 Å². The predicted octanol–water partition coefficient (Wildman–Crippen LogP) is 2.41. The number of nitrogens with one attached hydrogen (secondary N) is 1. The first-order chi connectivity index (χ1) is 7.85. The third-order valence-electron chi connectivity index (χ3n) is 4.15. The summed E-state index contributed by atoms with van der Waals surface area (Å²) in [6.45, 7) is 2.55. The molecule has 1 aliphatic carbocycles. The molecule has 2 N–H and O–H groups in total. The van der Waals surface area contributed by atoms with Crippen LogP contribution in [0.2, 0.25) is 0 Å². The Hall–Kier alpha value is 0.270. The molecule has 2 fully saturated rings. The highest BCUT2D eigenvalue weighted by Gasteiger charge is 2.31. The molecular formula is C13H25NOS. The van der Waals surface area contributed by atoms with Crippen LogP contribution in [0.15, 0.2) is 0 Å². The van der Waals surface area contributed by atoms with Gasteiger partial charge in [0.15, 0.2) is 0 Å². The van der Waals surface area contributed by atoms with Gasteiger partial charge in [0.1, 0.15) is 0 Å². The first kappa shape index (κ1) is 12.7. The van der Waals surface area contributed by atoms with Crippen molar-refractivity contribution in [3.8, 4) is 0 Å². The fourth-order valence-electron chi connectivity index (χ4n) is 3.00. The molecule has 1 aliphatic heterocycles. The zero-order chi connectivity index (χ0) is 11.3. The topological polar surface area (TPSA) is 32.3 Å². The average Bonchev–Trinajstić information content (AvgIpc) is 2.83. The quantitative estimate of drug-likeness (QED) is 0.778. The standard InChI is InChI=1S/C13H25NOS/c15-11-13(6-2-1-3-7-13)10-14-9-12-5-4-8-16-12/h12,14-15H,1-11H2. The van der Waals surface area contributed by atoms with Gasteiger partial charge in [0.05, 0.1) is 0 Å². The smallest absolute Gasteiger partial charge is 0.0499 e. The molecule has 0 spiro atoms. The molecule has 94 valence electrons. The van der Waals surface area contributed by atoms with Gasteiger partial charge in [-0.25, -0.2) is 0 Å². The van der Waals surface area contributed by atoms with E-state index < -0.39 is 0 Å². The second kappa shape index (κ2) is 6.27. The maximum absolute atomic E-state index is 9.59. The molecule has 1 saturated carbocycles. The van der Waals surface area contributed by atoms with Crippen LogP contribution >= 0.6 is 11.8 Å². The van der Waals surface area contributed by atoms with Crippen molar-refractivity contribution >= 4 is 11.8 Å². The van der Waals surface area contributed by atoms with Crippen LogP contribution in [0.1, 0.15) is 44.9 Å². The molecule has 1 saturated heterocycles. The Morgan fingerprint density at radius 1 is 1.19 bits per heavy atom. The molecule has 1 heterocycles. The molecule has 1 unspecified atom stereocenters. The van der Waals surface area contributed by atoms with E-state index in [9.17, 15) is 5.11 Å². The lowest BCUT2D eigenvalue weighted by atomic mass is 9.74. The van der Waals surface area contributed by atoms with Crippen molar-refractivity contribution < 1.29 is 5.11 Å². The Kier molecular flexibility index (Phi) is 4.98. The fourth-order valence-corrected chi connectivity index (χ4v) is 4.23. The molecule has 0 aromatic rings. The van der Waals surface area contributed by atoms with Crippen molar-refractivity contribution in [2.45, 2.75) is 50.2 Å². The Morgan fingerprint density at radius 3 is 2.62 bits per heavy atom. The summed E-state index contributed by atoms with van der Waals surface area (Å²) >= 11 is 2.11. The summed E-state index contributed by atoms with van der Waals surface area (Å²) in [6.07, 6.45) is 9.18. The lowest BCUT2D eigenvalue weighted by Gasteiger charge is -2.36. The number of aliphatic hydroxyl groups excluding tert-OH is 1. The summed E-state index contributed by atoms with van der Waals surface area (Å²) in [5.74, 6) is 1.34. The van der Waals surface area contributed by atoms with E-state index in [2.05, 4.69) is 17.1 Å². The number of thioether (sulfide) groups is 1. The molecule has 3 heteroatoms. The second-order valence-electron chi connectivity index (χ2n) is 5.48. The summed E-state index contributed by atoms with van der Waals surface area (Å²) in [4.78, 5) is 0. The van der Waals surface area contributed by atoms with Crippen LogP contribution in [0.4, 0.5) is 0 Å². The van der Waals surface area contributed by atoms with E-state index >= 15 is 0 Å². The summed E-state index contributed by atoms with van der Waals surface area (Å²) in [7, 11) is 0. The molecule has 2 rings (SSSR count). The van der Waals surface area contributed by atoms with Crippen molar-refractivity contribution in [3.63, 3.8) is 0 Å². The van der Waals surface area contributed by atoms with Crippen LogP contribution < -0.4 is 5.32 Å². The van der Waals surface area contributed by atoms with Crippen molar-refractivity contribution in [2.75, 3.05) is 25.4 Å². The molecule has 16 heavy (non-hydrogen) atoms. The van der Waals surface area contributed by atoms with E-state index in [1.165, 1.54) is 50.7 Å². The molecule has 2 aliphatic rings. The Balaban J connectivity index is 1.69. The van der Waals surface area contributed by atoms with Crippen LogP contribution in [0, 0.1) is 5.41 Å². The van der Waals surface area contributed by atoms with Gasteiger partial charge in [-0.15, -0.1) is 0 Å². The number of aliphatic hydroxyl groups is 1. The third kappa shape index (κ3) is 3.38. The SMILES string of the molecule is OCC1(CNCC2CCCS2)CCCCC1. The average molecular weight is 243 g/mol. The second-order valence-corrected chi connectivity index (χ2v) is 6.89. The zero-order valence-corrected chi connectivity index (χ0v) is 11.0. The predicted molar refractivity (Wildman–Crippen MR) is 71.0 cm³/mol. The highest BCUT2D eigenvalue weighted by molar-refractivity contribution is 8.00. The number of hydrogen-bond donors (Lipinski definition) is 2. The van der Waals surface area contributed by atoms with Gasteiger partial charge in [-0.3, -0.25) is 0 Å². The van der Waals surface area contributed by atoms with Crippen molar-refractivity contribution in [3.05, 3.63) is 0 Å². The van der Waals surface area contributed by atoms with E-state index in [0.29, 0.717) is 6.61 Å².